The van der Waals surface area contributed by atoms with Crippen molar-refractivity contribution in [2.45, 2.75) is 19.9 Å². The van der Waals surface area contributed by atoms with E-state index in [1.807, 2.05) is 17.7 Å². The van der Waals surface area contributed by atoms with Gasteiger partial charge in [-0.3, -0.25) is 0 Å². The number of ether oxygens (including phenoxy) is 1. The van der Waals surface area contributed by atoms with Crippen LogP contribution in [0.3, 0.4) is 0 Å². The standard InChI is InChI=1S/C14H16BrClFN3O/c1-9-8-20(4-3-5-21-2)14(18-9)19-13-11(15)6-10(17)7-12(13)16/h6-8H,3-5H2,1-2H3,(H,18,19). The van der Waals surface area contributed by atoms with E-state index in [-0.39, 0.29) is 0 Å². The maximum Gasteiger partial charge on any atom is 0.207 e. The molecule has 0 amide bonds. The molecule has 0 radical (unpaired) electrons. The van der Waals surface area contributed by atoms with E-state index < -0.39 is 5.82 Å². The maximum atomic E-state index is 13.3. The van der Waals surface area contributed by atoms with Gasteiger partial charge in [0.05, 0.1) is 16.4 Å². The van der Waals surface area contributed by atoms with Crippen molar-refractivity contribution in [3.63, 3.8) is 0 Å². The molecule has 0 fully saturated rings. The average molecular weight is 377 g/mol. The first kappa shape index (κ1) is 16.3. The zero-order valence-corrected chi connectivity index (χ0v) is 14.1. The Bertz CT molecular complexity index is 610. The van der Waals surface area contributed by atoms with E-state index in [1.165, 1.54) is 12.1 Å². The summed E-state index contributed by atoms with van der Waals surface area (Å²) >= 11 is 9.39. The fraction of sp³-hybridized carbons (Fsp3) is 0.357. The lowest BCUT2D eigenvalue weighted by molar-refractivity contribution is 0.190. The molecule has 1 N–H and O–H groups in total. The van der Waals surface area contributed by atoms with Crippen molar-refractivity contribution in [3.05, 3.63) is 39.3 Å². The Morgan fingerprint density at radius 2 is 2.24 bits per heavy atom. The van der Waals surface area contributed by atoms with Gasteiger partial charge < -0.3 is 14.6 Å². The molecule has 0 atom stereocenters. The van der Waals surface area contributed by atoms with Crippen molar-refractivity contribution in [1.29, 1.82) is 0 Å². The first-order valence-corrected chi connectivity index (χ1v) is 7.62. The van der Waals surface area contributed by atoms with E-state index in [2.05, 4.69) is 26.2 Å². The minimum atomic E-state index is -0.392. The number of nitrogens with zero attached hydrogens (tertiary/aromatic N) is 2. The molecule has 0 aliphatic carbocycles. The summed E-state index contributed by atoms with van der Waals surface area (Å²) in [6.07, 6.45) is 2.82. The van der Waals surface area contributed by atoms with Gasteiger partial charge in [-0.1, -0.05) is 11.6 Å². The van der Waals surface area contributed by atoms with Crippen LogP contribution in [0.1, 0.15) is 12.1 Å². The zero-order valence-electron chi connectivity index (χ0n) is 11.8. The van der Waals surface area contributed by atoms with Gasteiger partial charge in [0, 0.05) is 30.9 Å². The van der Waals surface area contributed by atoms with Crippen LogP contribution in [-0.4, -0.2) is 23.3 Å². The molecule has 0 spiro atoms. The number of hydrogen-bond acceptors (Lipinski definition) is 3. The van der Waals surface area contributed by atoms with Crippen LogP contribution in [-0.2, 0) is 11.3 Å². The fourth-order valence-corrected chi connectivity index (χ4v) is 2.87. The van der Waals surface area contributed by atoms with E-state index in [0.717, 1.165) is 18.7 Å². The van der Waals surface area contributed by atoms with Crippen LogP contribution in [0, 0.1) is 12.7 Å². The molecule has 1 heterocycles. The summed E-state index contributed by atoms with van der Waals surface area (Å²) < 4.78 is 20.9. The molecule has 0 aliphatic heterocycles. The molecule has 21 heavy (non-hydrogen) atoms. The molecule has 0 saturated heterocycles. The minimum Gasteiger partial charge on any atom is -0.385 e. The summed E-state index contributed by atoms with van der Waals surface area (Å²) in [4.78, 5) is 4.43. The van der Waals surface area contributed by atoms with Crippen molar-refractivity contribution in [2.75, 3.05) is 19.0 Å². The van der Waals surface area contributed by atoms with Crippen LogP contribution in [0.2, 0.25) is 5.02 Å². The lowest BCUT2D eigenvalue weighted by Gasteiger charge is -2.12. The van der Waals surface area contributed by atoms with Crippen LogP contribution in [0.5, 0.6) is 0 Å². The fourth-order valence-electron chi connectivity index (χ4n) is 1.97. The van der Waals surface area contributed by atoms with E-state index in [0.29, 0.717) is 27.7 Å². The molecular formula is C14H16BrClFN3O. The van der Waals surface area contributed by atoms with Gasteiger partial charge in [-0.2, -0.15) is 0 Å². The van der Waals surface area contributed by atoms with E-state index >= 15 is 0 Å². The Hall–Kier alpha value is -1.11. The van der Waals surface area contributed by atoms with Crippen molar-refractivity contribution >= 4 is 39.2 Å². The molecule has 4 nitrogen and oxygen atoms in total. The van der Waals surface area contributed by atoms with Crippen LogP contribution in [0.15, 0.2) is 22.8 Å². The zero-order chi connectivity index (χ0) is 15.4. The van der Waals surface area contributed by atoms with Crippen molar-refractivity contribution in [1.82, 2.24) is 9.55 Å². The lowest BCUT2D eigenvalue weighted by atomic mass is 10.3. The summed E-state index contributed by atoms with van der Waals surface area (Å²) in [5, 5.41) is 3.45. The molecule has 2 aromatic rings. The number of imidazole rings is 1. The topological polar surface area (TPSA) is 39.1 Å². The number of hydrogen-bond donors (Lipinski definition) is 1. The van der Waals surface area contributed by atoms with Crippen molar-refractivity contribution < 1.29 is 9.13 Å². The summed E-state index contributed by atoms with van der Waals surface area (Å²) in [6, 6.07) is 2.62. The highest BCUT2D eigenvalue weighted by atomic mass is 79.9. The van der Waals surface area contributed by atoms with Gasteiger partial charge in [0.15, 0.2) is 0 Å². The van der Waals surface area contributed by atoms with Crippen molar-refractivity contribution in [2.24, 2.45) is 0 Å². The summed E-state index contributed by atoms with van der Waals surface area (Å²) in [5.41, 5.74) is 1.49. The molecular weight excluding hydrogens is 361 g/mol. The van der Waals surface area contributed by atoms with E-state index in [9.17, 15) is 4.39 Å². The average Bonchev–Trinajstić information content (AvgIpc) is 2.74. The Balaban J connectivity index is 2.23. The predicted molar refractivity (Wildman–Crippen MR) is 85.8 cm³/mol. The first-order chi connectivity index (χ1) is 10.0. The second-order valence-corrected chi connectivity index (χ2v) is 5.88. The molecule has 0 bridgehead atoms. The van der Waals surface area contributed by atoms with Gasteiger partial charge in [0.2, 0.25) is 5.95 Å². The summed E-state index contributed by atoms with van der Waals surface area (Å²) in [7, 11) is 1.67. The molecule has 0 saturated carbocycles. The van der Waals surface area contributed by atoms with Crippen molar-refractivity contribution in [3.8, 4) is 0 Å². The van der Waals surface area contributed by atoms with E-state index in [1.54, 1.807) is 7.11 Å². The molecule has 1 aromatic carbocycles. The maximum absolute atomic E-state index is 13.3. The molecule has 7 heteroatoms. The van der Waals surface area contributed by atoms with Gasteiger partial charge in [0.25, 0.3) is 0 Å². The van der Waals surface area contributed by atoms with Crippen LogP contribution in [0.25, 0.3) is 0 Å². The number of methoxy groups -OCH3 is 1. The first-order valence-electron chi connectivity index (χ1n) is 6.45. The number of anilines is 2. The Kier molecular flexibility index (Phi) is 5.61. The Labute approximate surface area is 136 Å². The molecule has 114 valence electrons. The van der Waals surface area contributed by atoms with Gasteiger partial charge >= 0.3 is 0 Å². The number of nitrogens with one attached hydrogen (secondary N) is 1. The van der Waals surface area contributed by atoms with E-state index in [4.69, 9.17) is 16.3 Å². The largest absolute Gasteiger partial charge is 0.385 e. The normalized spacial score (nSPS) is 10.9. The third-order valence-electron chi connectivity index (χ3n) is 2.89. The second-order valence-electron chi connectivity index (χ2n) is 4.62. The van der Waals surface area contributed by atoms with Crippen LogP contribution in [0.4, 0.5) is 16.0 Å². The molecule has 1 aromatic heterocycles. The van der Waals surface area contributed by atoms with Gasteiger partial charge in [0.1, 0.15) is 5.82 Å². The Morgan fingerprint density at radius 1 is 1.48 bits per heavy atom. The molecule has 2 rings (SSSR count). The molecule has 0 aliphatic rings. The van der Waals surface area contributed by atoms with Crippen LogP contribution >= 0.6 is 27.5 Å². The highest BCUT2D eigenvalue weighted by Gasteiger charge is 2.12. The SMILES string of the molecule is COCCCn1cc(C)nc1Nc1c(Cl)cc(F)cc1Br. The minimum absolute atomic E-state index is 0.297. The third kappa shape index (κ3) is 4.18. The number of aromatic nitrogens is 2. The summed E-state index contributed by atoms with van der Waals surface area (Å²) in [6.45, 7) is 3.37. The number of rotatable bonds is 6. The summed E-state index contributed by atoms with van der Waals surface area (Å²) in [5.74, 6) is 0.273. The van der Waals surface area contributed by atoms with Gasteiger partial charge in [-0.05, 0) is 41.4 Å². The van der Waals surface area contributed by atoms with Crippen LogP contribution < -0.4 is 5.32 Å². The number of aryl methyl sites for hydroxylation is 2. The number of benzene rings is 1. The highest BCUT2D eigenvalue weighted by molar-refractivity contribution is 9.10. The van der Waals surface area contributed by atoms with Gasteiger partial charge in [-0.15, -0.1) is 0 Å². The molecule has 0 unspecified atom stereocenters. The Morgan fingerprint density at radius 3 is 2.90 bits per heavy atom. The monoisotopic (exact) mass is 375 g/mol. The highest BCUT2D eigenvalue weighted by Crippen LogP contribution is 2.33. The lowest BCUT2D eigenvalue weighted by Crippen LogP contribution is -2.06. The second kappa shape index (κ2) is 7.24. The predicted octanol–water partition coefficient (Wildman–Crippen LogP) is 4.53. The smallest absolute Gasteiger partial charge is 0.207 e. The third-order valence-corrected chi connectivity index (χ3v) is 3.81. The quantitative estimate of drug-likeness (QED) is 0.753. The van der Waals surface area contributed by atoms with Gasteiger partial charge in [-0.25, -0.2) is 9.37 Å². The number of halogens is 3.